The first-order valence-electron chi connectivity index (χ1n) is 7.84. The van der Waals surface area contributed by atoms with E-state index >= 15 is 0 Å². The average Bonchev–Trinajstić information content (AvgIpc) is 2.49. The molecule has 0 aliphatic carbocycles. The third kappa shape index (κ3) is 3.74. The van der Waals surface area contributed by atoms with E-state index in [4.69, 9.17) is 4.74 Å². The molecule has 1 saturated heterocycles. The minimum Gasteiger partial charge on any atom is -0.496 e. The summed E-state index contributed by atoms with van der Waals surface area (Å²) in [6.45, 7) is 8.03. The van der Waals surface area contributed by atoms with E-state index in [9.17, 15) is 0 Å². The number of nitrogens with zero attached hydrogens (tertiary/aromatic N) is 1. The molecule has 20 heavy (non-hydrogen) atoms. The molecule has 0 aromatic heterocycles. The second-order valence-corrected chi connectivity index (χ2v) is 5.70. The Kier molecular flexibility index (Phi) is 5.86. The van der Waals surface area contributed by atoms with E-state index in [0.717, 1.165) is 25.3 Å². The van der Waals surface area contributed by atoms with Gasteiger partial charge < -0.3 is 10.1 Å². The maximum atomic E-state index is 5.47. The lowest BCUT2D eigenvalue weighted by molar-refractivity contribution is 0.127. The van der Waals surface area contributed by atoms with Gasteiger partial charge in [-0.2, -0.15) is 0 Å². The molecule has 3 heteroatoms. The predicted molar refractivity (Wildman–Crippen MR) is 84.4 cm³/mol. The molecule has 0 bridgehead atoms. The third-order valence-electron chi connectivity index (χ3n) is 4.38. The number of likely N-dealkylation sites (N-methyl/N-ethyl adjacent to an activating group) is 1. The number of benzene rings is 1. The molecule has 1 aliphatic heterocycles. The number of rotatable bonds is 6. The van der Waals surface area contributed by atoms with Gasteiger partial charge in [-0.3, -0.25) is 4.90 Å². The molecular weight excluding hydrogens is 248 g/mol. The van der Waals surface area contributed by atoms with Crippen LogP contribution in [0.2, 0.25) is 0 Å². The van der Waals surface area contributed by atoms with Gasteiger partial charge in [0, 0.05) is 18.6 Å². The van der Waals surface area contributed by atoms with E-state index < -0.39 is 0 Å². The highest BCUT2D eigenvalue weighted by molar-refractivity contribution is 5.33. The van der Waals surface area contributed by atoms with Gasteiger partial charge in [0.25, 0.3) is 0 Å². The number of hydrogen-bond donors (Lipinski definition) is 1. The molecule has 1 aromatic carbocycles. The number of methoxy groups -OCH3 is 1. The molecule has 1 N–H and O–H groups in total. The van der Waals surface area contributed by atoms with Crippen molar-refractivity contribution in [1.82, 2.24) is 10.2 Å². The van der Waals surface area contributed by atoms with Gasteiger partial charge in [0.1, 0.15) is 5.75 Å². The molecule has 1 aliphatic rings. The molecule has 3 nitrogen and oxygen atoms in total. The van der Waals surface area contributed by atoms with Crippen molar-refractivity contribution in [2.24, 2.45) is 0 Å². The van der Waals surface area contributed by atoms with Crippen LogP contribution in [0.25, 0.3) is 0 Å². The molecule has 2 rings (SSSR count). The summed E-state index contributed by atoms with van der Waals surface area (Å²) in [5.41, 5.74) is 1.31. The number of para-hydroxylation sites is 1. The minimum absolute atomic E-state index is 0.543. The van der Waals surface area contributed by atoms with Gasteiger partial charge in [-0.15, -0.1) is 0 Å². The van der Waals surface area contributed by atoms with Crippen LogP contribution in [0, 0.1) is 0 Å². The minimum atomic E-state index is 0.543. The highest BCUT2D eigenvalue weighted by atomic mass is 16.5. The Morgan fingerprint density at radius 2 is 2.20 bits per heavy atom. The average molecular weight is 276 g/mol. The molecule has 1 aromatic rings. The van der Waals surface area contributed by atoms with Gasteiger partial charge in [-0.25, -0.2) is 0 Å². The van der Waals surface area contributed by atoms with Crippen LogP contribution in [0.3, 0.4) is 0 Å². The van der Waals surface area contributed by atoms with Crippen molar-refractivity contribution in [3.8, 4) is 5.75 Å². The Hall–Kier alpha value is -1.06. The van der Waals surface area contributed by atoms with Gasteiger partial charge in [-0.05, 0) is 50.9 Å². The third-order valence-corrected chi connectivity index (χ3v) is 4.38. The lowest BCUT2D eigenvalue weighted by Crippen LogP contribution is -2.50. The molecule has 1 fully saturated rings. The second-order valence-electron chi connectivity index (χ2n) is 5.70. The van der Waals surface area contributed by atoms with E-state index in [2.05, 4.69) is 42.3 Å². The van der Waals surface area contributed by atoms with Crippen molar-refractivity contribution < 1.29 is 4.74 Å². The zero-order valence-electron chi connectivity index (χ0n) is 13.1. The highest BCUT2D eigenvalue weighted by Crippen LogP contribution is 2.22. The molecule has 0 spiro atoms. The van der Waals surface area contributed by atoms with Crippen LogP contribution in [0.15, 0.2) is 24.3 Å². The number of ether oxygens (including phenoxy) is 1. The van der Waals surface area contributed by atoms with Crippen molar-refractivity contribution in [2.75, 3.05) is 26.7 Å². The second kappa shape index (κ2) is 7.65. The van der Waals surface area contributed by atoms with Crippen LogP contribution in [0.1, 0.15) is 32.3 Å². The standard InChI is InChI=1S/C17H28N2O/c1-4-19(16-9-7-11-18-13-16)14(2)12-15-8-5-6-10-17(15)20-3/h5-6,8,10,14,16,18H,4,7,9,11-13H2,1-3H3. The Morgan fingerprint density at radius 1 is 1.40 bits per heavy atom. The molecule has 1 heterocycles. The fourth-order valence-electron chi connectivity index (χ4n) is 3.35. The maximum Gasteiger partial charge on any atom is 0.122 e. The molecule has 2 atom stereocenters. The number of nitrogens with one attached hydrogen (secondary N) is 1. The molecule has 0 amide bonds. The van der Waals surface area contributed by atoms with Crippen LogP contribution < -0.4 is 10.1 Å². The Balaban J connectivity index is 2.02. The highest BCUT2D eigenvalue weighted by Gasteiger charge is 2.24. The Bertz CT molecular complexity index is 402. The zero-order valence-corrected chi connectivity index (χ0v) is 13.1. The van der Waals surface area contributed by atoms with Crippen LogP contribution in [-0.2, 0) is 6.42 Å². The molecule has 0 radical (unpaired) electrons. The summed E-state index contributed by atoms with van der Waals surface area (Å²) in [6, 6.07) is 9.60. The smallest absolute Gasteiger partial charge is 0.122 e. The fraction of sp³-hybridized carbons (Fsp3) is 0.647. The van der Waals surface area contributed by atoms with E-state index in [1.807, 2.05) is 6.07 Å². The van der Waals surface area contributed by atoms with Crippen LogP contribution >= 0.6 is 0 Å². The van der Waals surface area contributed by atoms with Crippen LogP contribution in [-0.4, -0.2) is 43.7 Å². The van der Waals surface area contributed by atoms with Gasteiger partial charge in [0.15, 0.2) is 0 Å². The maximum absolute atomic E-state index is 5.47. The summed E-state index contributed by atoms with van der Waals surface area (Å²) in [5.74, 6) is 1.01. The number of hydrogen-bond acceptors (Lipinski definition) is 3. The Labute approximate surface area is 123 Å². The summed E-state index contributed by atoms with van der Waals surface area (Å²) in [6.07, 6.45) is 3.66. The topological polar surface area (TPSA) is 24.5 Å². The van der Waals surface area contributed by atoms with Gasteiger partial charge >= 0.3 is 0 Å². The van der Waals surface area contributed by atoms with Crippen LogP contribution in [0.4, 0.5) is 0 Å². The lowest BCUT2D eigenvalue weighted by Gasteiger charge is -2.38. The predicted octanol–water partition coefficient (Wildman–Crippen LogP) is 2.70. The molecule has 112 valence electrons. The quantitative estimate of drug-likeness (QED) is 0.864. The fourth-order valence-corrected chi connectivity index (χ4v) is 3.35. The summed E-state index contributed by atoms with van der Waals surface area (Å²) >= 11 is 0. The monoisotopic (exact) mass is 276 g/mol. The van der Waals surface area contributed by atoms with Gasteiger partial charge in [0.05, 0.1) is 7.11 Å². The first-order valence-corrected chi connectivity index (χ1v) is 7.84. The zero-order chi connectivity index (χ0) is 14.4. The Morgan fingerprint density at radius 3 is 2.85 bits per heavy atom. The normalized spacial score (nSPS) is 20.9. The molecule has 0 saturated carbocycles. The van der Waals surface area contributed by atoms with Crippen molar-refractivity contribution >= 4 is 0 Å². The first kappa shape index (κ1) is 15.3. The van der Waals surface area contributed by atoms with Crippen molar-refractivity contribution in [1.29, 1.82) is 0 Å². The van der Waals surface area contributed by atoms with E-state index in [1.54, 1.807) is 7.11 Å². The van der Waals surface area contributed by atoms with Crippen molar-refractivity contribution in [3.63, 3.8) is 0 Å². The van der Waals surface area contributed by atoms with Crippen molar-refractivity contribution in [3.05, 3.63) is 29.8 Å². The number of piperidine rings is 1. The molecular formula is C17H28N2O. The van der Waals surface area contributed by atoms with Crippen LogP contribution in [0.5, 0.6) is 5.75 Å². The largest absolute Gasteiger partial charge is 0.496 e. The van der Waals surface area contributed by atoms with Gasteiger partial charge in [-0.1, -0.05) is 25.1 Å². The summed E-state index contributed by atoms with van der Waals surface area (Å²) in [4.78, 5) is 2.64. The SMILES string of the molecule is CCN(C(C)Cc1ccccc1OC)C1CCCNC1. The van der Waals surface area contributed by atoms with Gasteiger partial charge in [0.2, 0.25) is 0 Å². The summed E-state index contributed by atoms with van der Waals surface area (Å²) in [5, 5.41) is 3.52. The van der Waals surface area contributed by atoms with Crippen molar-refractivity contribution in [2.45, 2.75) is 45.2 Å². The van der Waals surface area contributed by atoms with E-state index in [0.29, 0.717) is 12.1 Å². The van der Waals surface area contributed by atoms with E-state index in [1.165, 1.54) is 24.9 Å². The first-order chi connectivity index (χ1) is 9.76. The lowest BCUT2D eigenvalue weighted by atomic mass is 10.00. The molecule has 2 unspecified atom stereocenters. The summed E-state index contributed by atoms with van der Waals surface area (Å²) < 4.78 is 5.47. The summed E-state index contributed by atoms with van der Waals surface area (Å²) in [7, 11) is 1.76. The van der Waals surface area contributed by atoms with E-state index in [-0.39, 0.29) is 0 Å².